The average Bonchev–Trinajstić information content (AvgIpc) is 2.95. The summed E-state index contributed by atoms with van der Waals surface area (Å²) < 4.78 is 0. The summed E-state index contributed by atoms with van der Waals surface area (Å²) in [6.07, 6.45) is 5.06. The minimum Gasteiger partial charge on any atom is -0.355 e. The van der Waals surface area contributed by atoms with Crippen molar-refractivity contribution in [3.05, 3.63) is 42.5 Å². The summed E-state index contributed by atoms with van der Waals surface area (Å²) in [7, 11) is 1.58. The van der Waals surface area contributed by atoms with Crippen molar-refractivity contribution < 1.29 is 4.79 Å². The maximum absolute atomic E-state index is 11.4. The molecule has 20 heavy (non-hydrogen) atoms. The Hall–Kier alpha value is -2.96. The van der Waals surface area contributed by atoms with Crippen LogP contribution in [0.25, 0.3) is 11.0 Å². The van der Waals surface area contributed by atoms with Crippen molar-refractivity contribution in [2.24, 2.45) is 0 Å². The molecule has 0 aliphatic heterocycles. The van der Waals surface area contributed by atoms with Crippen molar-refractivity contribution >= 4 is 28.6 Å². The number of nitrogens with zero attached hydrogens (tertiary/aromatic N) is 3. The molecule has 0 atom stereocenters. The molecule has 7 nitrogen and oxygen atoms in total. The number of aromatic amines is 1. The number of hydrogen-bond acceptors (Lipinski definition) is 5. The van der Waals surface area contributed by atoms with Gasteiger partial charge in [-0.2, -0.15) is 4.98 Å². The van der Waals surface area contributed by atoms with Gasteiger partial charge in [-0.15, -0.1) is 0 Å². The highest BCUT2D eigenvalue weighted by Gasteiger charge is 2.07. The molecule has 0 aromatic carbocycles. The Balaban J connectivity index is 1.85. The van der Waals surface area contributed by atoms with Gasteiger partial charge in [-0.25, -0.2) is 9.97 Å². The molecule has 0 saturated carbocycles. The molecule has 100 valence electrons. The highest BCUT2D eigenvalue weighted by atomic mass is 16.1. The van der Waals surface area contributed by atoms with Crippen LogP contribution in [0, 0.1) is 0 Å². The smallest absolute Gasteiger partial charge is 0.267 e. The highest BCUT2D eigenvalue weighted by Crippen LogP contribution is 2.16. The topological polar surface area (TPSA) is 95.6 Å². The summed E-state index contributed by atoms with van der Waals surface area (Å²) >= 11 is 0. The summed E-state index contributed by atoms with van der Waals surface area (Å²) in [6, 6.07) is 5.41. The predicted molar refractivity (Wildman–Crippen MR) is 74.8 cm³/mol. The van der Waals surface area contributed by atoms with Gasteiger partial charge in [0.1, 0.15) is 5.69 Å². The molecule has 0 spiro atoms. The molecule has 0 saturated heterocycles. The fraction of sp³-hybridized carbons (Fsp3) is 0.0769. The summed E-state index contributed by atoms with van der Waals surface area (Å²) in [5.41, 5.74) is 1.79. The molecular weight excluding hydrogens is 256 g/mol. The van der Waals surface area contributed by atoms with Gasteiger partial charge in [0.2, 0.25) is 5.95 Å². The van der Waals surface area contributed by atoms with Crippen molar-refractivity contribution in [2.75, 3.05) is 12.4 Å². The average molecular weight is 268 g/mol. The largest absolute Gasteiger partial charge is 0.355 e. The van der Waals surface area contributed by atoms with E-state index in [0.29, 0.717) is 23.0 Å². The van der Waals surface area contributed by atoms with Crippen LogP contribution in [0.5, 0.6) is 0 Å². The molecule has 3 rings (SSSR count). The van der Waals surface area contributed by atoms with Crippen molar-refractivity contribution in [3.63, 3.8) is 0 Å². The van der Waals surface area contributed by atoms with Gasteiger partial charge < -0.3 is 15.6 Å². The van der Waals surface area contributed by atoms with Crippen LogP contribution in [0.3, 0.4) is 0 Å². The zero-order valence-corrected chi connectivity index (χ0v) is 10.7. The lowest BCUT2D eigenvalue weighted by Gasteiger charge is -2.02. The minimum absolute atomic E-state index is 0.181. The first-order valence-electron chi connectivity index (χ1n) is 6.01. The second-order valence-electron chi connectivity index (χ2n) is 4.12. The third-order valence-electron chi connectivity index (χ3n) is 2.77. The SMILES string of the molecule is CNC(=O)c1cc(Nc2ncc3cccnc3n2)c[nH]1. The molecule has 0 radical (unpaired) electrons. The summed E-state index contributed by atoms with van der Waals surface area (Å²) in [5, 5.41) is 6.44. The number of nitrogens with one attached hydrogen (secondary N) is 3. The van der Waals surface area contributed by atoms with Gasteiger partial charge in [-0.3, -0.25) is 4.79 Å². The number of aromatic nitrogens is 4. The van der Waals surface area contributed by atoms with Gasteiger partial charge in [0, 0.05) is 31.0 Å². The number of amides is 1. The number of carbonyl (C=O) groups is 1. The number of carbonyl (C=O) groups excluding carboxylic acids is 1. The molecule has 0 aliphatic rings. The van der Waals surface area contributed by atoms with Gasteiger partial charge in [0.15, 0.2) is 5.65 Å². The van der Waals surface area contributed by atoms with E-state index in [-0.39, 0.29) is 5.91 Å². The molecule has 7 heteroatoms. The van der Waals surface area contributed by atoms with E-state index < -0.39 is 0 Å². The lowest BCUT2D eigenvalue weighted by molar-refractivity contribution is 0.0959. The Morgan fingerprint density at radius 2 is 2.25 bits per heavy atom. The molecule has 0 bridgehead atoms. The second kappa shape index (κ2) is 4.96. The number of rotatable bonds is 3. The third-order valence-corrected chi connectivity index (χ3v) is 2.77. The van der Waals surface area contributed by atoms with Crippen LogP contribution in [0.4, 0.5) is 11.6 Å². The van der Waals surface area contributed by atoms with Crippen LogP contribution in [0.15, 0.2) is 36.8 Å². The molecule has 0 aliphatic carbocycles. The molecule has 0 unspecified atom stereocenters. The molecule has 3 aromatic heterocycles. The van der Waals surface area contributed by atoms with Crippen LogP contribution >= 0.6 is 0 Å². The number of fused-ring (bicyclic) bond motifs is 1. The Labute approximate surface area is 114 Å². The Morgan fingerprint density at radius 1 is 1.35 bits per heavy atom. The molecular formula is C13H12N6O. The summed E-state index contributed by atoms with van der Waals surface area (Å²) in [4.78, 5) is 27.0. The number of hydrogen-bond donors (Lipinski definition) is 3. The Kier molecular flexibility index (Phi) is 3.00. The number of H-pyrrole nitrogens is 1. The standard InChI is InChI=1S/C13H12N6O/c1-14-12(20)10-5-9(7-16-10)18-13-17-6-8-3-2-4-15-11(8)19-13/h2-7,16H,1H3,(H,14,20)(H,15,17,18,19). The van der Waals surface area contributed by atoms with Gasteiger partial charge in [-0.05, 0) is 18.2 Å². The van der Waals surface area contributed by atoms with Gasteiger partial charge in [0.25, 0.3) is 5.91 Å². The zero-order valence-electron chi connectivity index (χ0n) is 10.7. The van der Waals surface area contributed by atoms with Gasteiger partial charge >= 0.3 is 0 Å². The van der Waals surface area contributed by atoms with E-state index >= 15 is 0 Å². The van der Waals surface area contributed by atoms with Crippen molar-refractivity contribution in [3.8, 4) is 0 Å². The van der Waals surface area contributed by atoms with E-state index in [1.54, 1.807) is 31.7 Å². The molecule has 3 N–H and O–H groups in total. The first-order chi connectivity index (χ1) is 9.76. The zero-order chi connectivity index (χ0) is 13.9. The van der Waals surface area contributed by atoms with E-state index in [9.17, 15) is 4.79 Å². The first kappa shape index (κ1) is 12.1. The van der Waals surface area contributed by atoms with Crippen LogP contribution in [-0.2, 0) is 0 Å². The number of pyridine rings is 1. The Bertz CT molecular complexity index is 766. The molecule has 3 heterocycles. The van der Waals surface area contributed by atoms with Crippen molar-refractivity contribution in [1.29, 1.82) is 0 Å². The maximum Gasteiger partial charge on any atom is 0.267 e. The summed E-state index contributed by atoms with van der Waals surface area (Å²) in [6.45, 7) is 0. The number of anilines is 2. The van der Waals surface area contributed by atoms with Crippen LogP contribution in [0.1, 0.15) is 10.5 Å². The normalized spacial score (nSPS) is 10.4. The predicted octanol–water partition coefficient (Wildman–Crippen LogP) is 1.46. The monoisotopic (exact) mass is 268 g/mol. The van der Waals surface area contributed by atoms with Crippen molar-refractivity contribution in [1.82, 2.24) is 25.3 Å². The van der Waals surface area contributed by atoms with E-state index in [4.69, 9.17) is 0 Å². The van der Waals surface area contributed by atoms with E-state index in [1.165, 1.54) is 0 Å². The van der Waals surface area contributed by atoms with E-state index in [0.717, 1.165) is 5.39 Å². The lowest BCUT2D eigenvalue weighted by atomic mass is 10.3. The quantitative estimate of drug-likeness (QED) is 0.668. The first-order valence-corrected chi connectivity index (χ1v) is 6.01. The Morgan fingerprint density at radius 3 is 3.10 bits per heavy atom. The fourth-order valence-electron chi connectivity index (χ4n) is 1.79. The van der Waals surface area contributed by atoms with Crippen LogP contribution in [-0.4, -0.2) is 32.9 Å². The third kappa shape index (κ3) is 2.28. The van der Waals surface area contributed by atoms with E-state index in [1.807, 2.05) is 12.1 Å². The van der Waals surface area contributed by atoms with E-state index in [2.05, 4.69) is 30.6 Å². The van der Waals surface area contributed by atoms with Gasteiger partial charge in [-0.1, -0.05) is 0 Å². The maximum atomic E-state index is 11.4. The minimum atomic E-state index is -0.181. The van der Waals surface area contributed by atoms with Crippen LogP contribution in [0.2, 0.25) is 0 Å². The van der Waals surface area contributed by atoms with Crippen LogP contribution < -0.4 is 10.6 Å². The highest BCUT2D eigenvalue weighted by molar-refractivity contribution is 5.93. The molecule has 0 fully saturated rings. The fourth-order valence-corrected chi connectivity index (χ4v) is 1.79. The molecule has 1 amide bonds. The van der Waals surface area contributed by atoms with Gasteiger partial charge in [0.05, 0.1) is 5.69 Å². The lowest BCUT2D eigenvalue weighted by Crippen LogP contribution is -2.17. The summed E-state index contributed by atoms with van der Waals surface area (Å²) in [5.74, 6) is 0.248. The molecule has 3 aromatic rings. The second-order valence-corrected chi connectivity index (χ2v) is 4.12. The van der Waals surface area contributed by atoms with Crippen molar-refractivity contribution in [2.45, 2.75) is 0 Å².